The summed E-state index contributed by atoms with van der Waals surface area (Å²) in [6.45, 7) is 3.66. The van der Waals surface area contributed by atoms with Gasteiger partial charge in [-0.3, -0.25) is 0 Å². The van der Waals surface area contributed by atoms with Gasteiger partial charge in [-0.05, 0) is 19.4 Å². The molecule has 0 bridgehead atoms. The van der Waals surface area contributed by atoms with Gasteiger partial charge >= 0.3 is 0 Å². The van der Waals surface area contributed by atoms with E-state index in [1.165, 1.54) is 0 Å². The van der Waals surface area contributed by atoms with E-state index >= 15 is 0 Å². The molecular weight excluding hydrogens is 254 g/mol. The van der Waals surface area contributed by atoms with Gasteiger partial charge in [-0.1, -0.05) is 30.3 Å². The van der Waals surface area contributed by atoms with Gasteiger partial charge in [0.05, 0.1) is 13.2 Å². The maximum absolute atomic E-state index is 13.0. The Morgan fingerprint density at radius 2 is 2.00 bits per heavy atom. The van der Waals surface area contributed by atoms with Gasteiger partial charge in [0, 0.05) is 0 Å². The summed E-state index contributed by atoms with van der Waals surface area (Å²) in [5, 5.41) is 0. The maximum atomic E-state index is 13.0. The van der Waals surface area contributed by atoms with E-state index in [1.54, 1.807) is 13.8 Å². The molecule has 1 heterocycles. The predicted molar refractivity (Wildman–Crippen MR) is 65.9 cm³/mol. The zero-order valence-corrected chi connectivity index (χ0v) is 11.0. The number of rotatable bonds is 5. The third-order valence-electron chi connectivity index (χ3n) is 2.93. The Kier molecular flexibility index (Phi) is 4.50. The van der Waals surface area contributed by atoms with Crippen molar-refractivity contribution in [1.29, 1.82) is 0 Å². The van der Waals surface area contributed by atoms with E-state index < -0.39 is 24.4 Å². The lowest BCUT2D eigenvalue weighted by atomic mass is 10.2. The van der Waals surface area contributed by atoms with Crippen molar-refractivity contribution in [3.05, 3.63) is 35.9 Å². The van der Waals surface area contributed by atoms with Crippen LogP contribution >= 0.6 is 0 Å². The standard InChI is InChI=1S/C14H18F2O3/c1-14(2)18-9-11(19-14)12(13(15)16)17-8-10-6-4-3-5-7-10/h3-7,11-13H,8-9H2,1-2H3/t11-,12-/m0/s1. The Hall–Kier alpha value is -1.04. The smallest absolute Gasteiger partial charge is 0.267 e. The van der Waals surface area contributed by atoms with E-state index in [1.807, 2.05) is 30.3 Å². The van der Waals surface area contributed by atoms with Crippen molar-refractivity contribution < 1.29 is 23.0 Å². The SMILES string of the molecule is CC1(C)OC[C@@H]([C@H](OCc2ccccc2)C(F)F)O1. The molecule has 1 aromatic carbocycles. The molecule has 0 radical (unpaired) electrons. The summed E-state index contributed by atoms with van der Waals surface area (Å²) in [6, 6.07) is 9.21. The number of hydrogen-bond acceptors (Lipinski definition) is 3. The van der Waals surface area contributed by atoms with Crippen LogP contribution in [0.4, 0.5) is 8.78 Å². The Morgan fingerprint density at radius 3 is 2.53 bits per heavy atom. The number of hydrogen-bond donors (Lipinski definition) is 0. The first-order valence-electron chi connectivity index (χ1n) is 6.23. The first-order valence-corrected chi connectivity index (χ1v) is 6.23. The van der Waals surface area contributed by atoms with Gasteiger partial charge in [0.2, 0.25) is 0 Å². The number of ether oxygens (including phenoxy) is 3. The average Bonchev–Trinajstić information content (AvgIpc) is 2.71. The fourth-order valence-electron chi connectivity index (χ4n) is 1.99. The molecule has 0 saturated carbocycles. The number of alkyl halides is 2. The molecule has 0 unspecified atom stereocenters. The molecule has 2 atom stereocenters. The summed E-state index contributed by atoms with van der Waals surface area (Å²) in [4.78, 5) is 0. The zero-order chi connectivity index (χ0) is 13.9. The Bertz CT molecular complexity index is 395. The maximum Gasteiger partial charge on any atom is 0.267 e. The second-order valence-corrected chi connectivity index (χ2v) is 4.96. The molecule has 1 saturated heterocycles. The fourth-order valence-corrected chi connectivity index (χ4v) is 1.99. The highest BCUT2D eigenvalue weighted by Crippen LogP contribution is 2.28. The Balaban J connectivity index is 1.94. The number of benzene rings is 1. The minimum atomic E-state index is -2.61. The summed E-state index contributed by atoms with van der Waals surface area (Å²) < 4.78 is 42.1. The summed E-state index contributed by atoms with van der Waals surface area (Å²) in [5.74, 6) is -0.825. The topological polar surface area (TPSA) is 27.7 Å². The summed E-state index contributed by atoms with van der Waals surface area (Å²) >= 11 is 0. The molecule has 0 amide bonds. The molecule has 0 aromatic heterocycles. The fraction of sp³-hybridized carbons (Fsp3) is 0.571. The van der Waals surface area contributed by atoms with E-state index in [0.717, 1.165) is 5.56 Å². The highest BCUT2D eigenvalue weighted by atomic mass is 19.3. The van der Waals surface area contributed by atoms with Crippen LogP contribution in [0.3, 0.4) is 0 Å². The van der Waals surface area contributed by atoms with Gasteiger partial charge < -0.3 is 14.2 Å². The van der Waals surface area contributed by atoms with Gasteiger partial charge in [0.25, 0.3) is 6.43 Å². The second-order valence-electron chi connectivity index (χ2n) is 4.96. The first-order chi connectivity index (χ1) is 8.98. The van der Waals surface area contributed by atoms with Crippen LogP contribution in [0.25, 0.3) is 0 Å². The third-order valence-corrected chi connectivity index (χ3v) is 2.93. The van der Waals surface area contributed by atoms with Crippen LogP contribution in [0.2, 0.25) is 0 Å². The van der Waals surface area contributed by atoms with Crippen molar-refractivity contribution in [1.82, 2.24) is 0 Å². The molecule has 106 valence electrons. The molecule has 0 spiro atoms. The molecule has 0 N–H and O–H groups in total. The van der Waals surface area contributed by atoms with E-state index in [0.29, 0.717) is 0 Å². The molecule has 5 heteroatoms. The van der Waals surface area contributed by atoms with Crippen LogP contribution in [0, 0.1) is 0 Å². The predicted octanol–water partition coefficient (Wildman–Crippen LogP) is 2.99. The molecular formula is C14H18F2O3. The van der Waals surface area contributed by atoms with Crippen molar-refractivity contribution in [3.8, 4) is 0 Å². The van der Waals surface area contributed by atoms with Crippen LogP contribution in [0.15, 0.2) is 30.3 Å². The van der Waals surface area contributed by atoms with Crippen LogP contribution in [-0.4, -0.2) is 31.0 Å². The van der Waals surface area contributed by atoms with Gasteiger partial charge in [-0.2, -0.15) is 0 Å². The van der Waals surface area contributed by atoms with Gasteiger partial charge in [0.15, 0.2) is 5.79 Å². The van der Waals surface area contributed by atoms with Gasteiger partial charge in [0.1, 0.15) is 12.2 Å². The minimum absolute atomic E-state index is 0.122. The van der Waals surface area contributed by atoms with Gasteiger partial charge in [-0.15, -0.1) is 0 Å². The Labute approximate surface area is 111 Å². The monoisotopic (exact) mass is 272 g/mol. The van der Waals surface area contributed by atoms with E-state index in [9.17, 15) is 8.78 Å². The van der Waals surface area contributed by atoms with Crippen molar-refractivity contribution >= 4 is 0 Å². The van der Waals surface area contributed by atoms with E-state index in [4.69, 9.17) is 14.2 Å². The third kappa shape index (κ3) is 3.96. The van der Waals surface area contributed by atoms with Crippen molar-refractivity contribution in [2.24, 2.45) is 0 Å². The average molecular weight is 272 g/mol. The quantitative estimate of drug-likeness (QED) is 0.824. The largest absolute Gasteiger partial charge is 0.365 e. The minimum Gasteiger partial charge on any atom is -0.365 e. The molecule has 0 aliphatic carbocycles. The molecule has 1 aromatic rings. The lowest BCUT2D eigenvalue weighted by molar-refractivity contribution is -0.176. The number of halogens is 2. The van der Waals surface area contributed by atoms with Crippen molar-refractivity contribution in [2.75, 3.05) is 6.61 Å². The zero-order valence-electron chi connectivity index (χ0n) is 11.0. The van der Waals surface area contributed by atoms with Crippen LogP contribution in [-0.2, 0) is 20.8 Å². The molecule has 19 heavy (non-hydrogen) atoms. The first kappa shape index (κ1) is 14.4. The Morgan fingerprint density at radius 1 is 1.32 bits per heavy atom. The highest BCUT2D eigenvalue weighted by molar-refractivity contribution is 5.13. The lowest BCUT2D eigenvalue weighted by Crippen LogP contribution is -2.38. The lowest BCUT2D eigenvalue weighted by Gasteiger charge is -2.24. The molecule has 1 aliphatic rings. The molecule has 3 nitrogen and oxygen atoms in total. The van der Waals surface area contributed by atoms with Crippen molar-refractivity contribution in [3.63, 3.8) is 0 Å². The van der Waals surface area contributed by atoms with Crippen LogP contribution in [0.5, 0.6) is 0 Å². The summed E-state index contributed by atoms with van der Waals surface area (Å²) in [6.07, 6.45) is -4.62. The van der Waals surface area contributed by atoms with E-state index in [-0.39, 0.29) is 13.2 Å². The second kappa shape index (κ2) is 5.94. The normalized spacial score (nSPS) is 23.7. The highest BCUT2D eigenvalue weighted by Gasteiger charge is 2.41. The molecule has 2 rings (SSSR count). The van der Waals surface area contributed by atoms with E-state index in [2.05, 4.69) is 0 Å². The van der Waals surface area contributed by atoms with Crippen LogP contribution in [0.1, 0.15) is 19.4 Å². The summed E-state index contributed by atoms with van der Waals surface area (Å²) in [5.41, 5.74) is 0.853. The summed E-state index contributed by atoms with van der Waals surface area (Å²) in [7, 11) is 0. The van der Waals surface area contributed by atoms with Crippen LogP contribution < -0.4 is 0 Å². The van der Waals surface area contributed by atoms with Gasteiger partial charge in [-0.25, -0.2) is 8.78 Å². The van der Waals surface area contributed by atoms with Crippen molar-refractivity contribution in [2.45, 2.75) is 44.9 Å². The molecule has 1 aliphatic heterocycles. The molecule has 1 fully saturated rings.